The maximum atomic E-state index is 10.00. The second-order valence-electron chi connectivity index (χ2n) is 1.07. The fourth-order valence-corrected chi connectivity index (χ4v) is 0.642. The van der Waals surface area contributed by atoms with Gasteiger partial charge in [0, 0.05) is 6.04 Å². The molecule has 2 heteroatoms. The van der Waals surface area contributed by atoms with Crippen LogP contribution in [0.1, 0.15) is 0 Å². The smallest absolute Gasteiger partial charge is 0.307 e. The van der Waals surface area contributed by atoms with Gasteiger partial charge in [0.1, 0.15) is 0 Å². The molecular formula is C3H4OSi. The van der Waals surface area contributed by atoms with Crippen LogP contribution < -0.4 is 0 Å². The number of allylic oxidation sites excluding steroid dienone is 1. The van der Waals surface area contributed by atoms with Crippen molar-refractivity contribution in [1.29, 1.82) is 0 Å². The maximum Gasteiger partial charge on any atom is 0.307 e. The Morgan fingerprint density at radius 2 is 2.20 bits per heavy atom. The predicted octanol–water partition coefficient (Wildman–Crippen LogP) is 0.517. The van der Waals surface area contributed by atoms with Gasteiger partial charge in [-0.25, -0.2) is 0 Å². The van der Waals surface area contributed by atoms with Crippen molar-refractivity contribution >= 4 is 8.68 Å². The largest absolute Gasteiger partial charge is 0.383 e. The van der Waals surface area contributed by atoms with Crippen LogP contribution in [-0.4, -0.2) is 8.68 Å². The zero-order valence-corrected chi connectivity index (χ0v) is 3.77. The van der Waals surface area contributed by atoms with Gasteiger partial charge in [0.05, 0.1) is 0 Å². The van der Waals surface area contributed by atoms with E-state index < -0.39 is 8.68 Å². The molecule has 1 aliphatic rings. The first kappa shape index (κ1) is 2.97. The summed E-state index contributed by atoms with van der Waals surface area (Å²) in [4.78, 5) is 0. The molecule has 0 saturated carbocycles. The molecule has 0 aromatic rings. The fraction of sp³-hybridized carbons (Fsp3) is 0.333. The minimum Gasteiger partial charge on any atom is -0.383 e. The highest BCUT2D eigenvalue weighted by Gasteiger charge is 2.02. The van der Waals surface area contributed by atoms with Crippen molar-refractivity contribution in [2.24, 2.45) is 0 Å². The zero-order chi connectivity index (χ0) is 3.70. The summed E-state index contributed by atoms with van der Waals surface area (Å²) >= 11 is 0. The molecule has 0 atom stereocenters. The van der Waals surface area contributed by atoms with E-state index in [-0.39, 0.29) is 0 Å². The van der Waals surface area contributed by atoms with Crippen molar-refractivity contribution in [3.05, 3.63) is 11.8 Å². The van der Waals surface area contributed by atoms with Crippen molar-refractivity contribution in [2.75, 3.05) is 0 Å². The van der Waals surface area contributed by atoms with Gasteiger partial charge in [-0.2, -0.15) is 0 Å². The minimum absolute atomic E-state index is 0.852. The molecule has 5 heavy (non-hydrogen) atoms. The first-order chi connectivity index (χ1) is 2.39. The van der Waals surface area contributed by atoms with Crippen LogP contribution in [0.3, 0.4) is 0 Å². The summed E-state index contributed by atoms with van der Waals surface area (Å²) in [6.07, 6.45) is 1.93. The van der Waals surface area contributed by atoms with Crippen LogP contribution in [0.5, 0.6) is 0 Å². The highest BCUT2D eigenvalue weighted by molar-refractivity contribution is 6.53. The predicted molar refractivity (Wildman–Crippen MR) is 20.4 cm³/mol. The minimum atomic E-state index is -1.12. The number of rotatable bonds is 0. The molecule has 0 amide bonds. The SMILES string of the molecule is O=[Si]1C=CC1. The molecule has 1 nitrogen and oxygen atoms in total. The monoisotopic (exact) mass is 84.0 g/mol. The van der Waals surface area contributed by atoms with Gasteiger partial charge in [0.2, 0.25) is 0 Å². The summed E-state index contributed by atoms with van der Waals surface area (Å²) in [5.74, 6) is 0. The molecule has 0 radical (unpaired) electrons. The Hall–Kier alpha value is -0.243. The molecule has 0 unspecified atom stereocenters. The Morgan fingerprint density at radius 1 is 1.80 bits per heavy atom. The lowest BCUT2D eigenvalue weighted by Crippen LogP contribution is -1.99. The van der Waals surface area contributed by atoms with Gasteiger partial charge in [0.15, 0.2) is 0 Å². The van der Waals surface area contributed by atoms with E-state index in [1.165, 1.54) is 0 Å². The molecule has 1 rings (SSSR count). The van der Waals surface area contributed by atoms with Crippen molar-refractivity contribution in [1.82, 2.24) is 0 Å². The van der Waals surface area contributed by atoms with Crippen LogP contribution >= 0.6 is 0 Å². The Bertz CT molecular complexity index is 84.9. The third-order valence-corrected chi connectivity index (χ3v) is 1.87. The van der Waals surface area contributed by atoms with Crippen LogP contribution in [0, 0.1) is 0 Å². The highest BCUT2D eigenvalue weighted by Crippen LogP contribution is 1.96. The number of hydrogen-bond donors (Lipinski definition) is 0. The van der Waals surface area contributed by atoms with E-state index in [1.807, 2.05) is 6.08 Å². The van der Waals surface area contributed by atoms with Gasteiger partial charge in [-0.1, -0.05) is 6.08 Å². The molecule has 0 saturated heterocycles. The van der Waals surface area contributed by atoms with Crippen LogP contribution in [-0.2, 0) is 4.46 Å². The summed E-state index contributed by atoms with van der Waals surface area (Å²) in [7, 11) is -1.12. The van der Waals surface area contributed by atoms with Crippen LogP contribution in [0.25, 0.3) is 0 Å². The van der Waals surface area contributed by atoms with Crippen molar-refractivity contribution < 1.29 is 4.46 Å². The molecule has 0 fully saturated rings. The van der Waals surface area contributed by atoms with Crippen molar-refractivity contribution in [3.63, 3.8) is 0 Å². The number of hydrogen-bond acceptors (Lipinski definition) is 1. The summed E-state index contributed by atoms with van der Waals surface area (Å²) < 4.78 is 10.00. The van der Waals surface area contributed by atoms with E-state index in [4.69, 9.17) is 0 Å². The Morgan fingerprint density at radius 3 is 2.20 bits per heavy atom. The lowest BCUT2D eigenvalue weighted by Gasteiger charge is -1.89. The standard InChI is InChI=1S/C3H4OSi/c4-5-2-1-3-5/h1-2H,3H2. The van der Waals surface area contributed by atoms with Crippen LogP contribution in [0.15, 0.2) is 11.8 Å². The Balaban J connectivity index is 2.71. The average molecular weight is 84.2 g/mol. The van der Waals surface area contributed by atoms with Crippen molar-refractivity contribution in [2.45, 2.75) is 6.04 Å². The molecular weight excluding hydrogens is 80.1 g/mol. The van der Waals surface area contributed by atoms with E-state index in [0.29, 0.717) is 0 Å². The molecule has 0 spiro atoms. The molecule has 1 heterocycles. The normalized spacial score (nSPS) is 18.8. The molecule has 1 aliphatic heterocycles. The summed E-state index contributed by atoms with van der Waals surface area (Å²) in [6, 6.07) is 0.852. The second-order valence-corrected chi connectivity index (χ2v) is 2.75. The summed E-state index contributed by atoms with van der Waals surface area (Å²) in [5, 5.41) is 0. The highest BCUT2D eigenvalue weighted by atomic mass is 28.3. The third kappa shape index (κ3) is 0.350. The Labute approximate surface area is 32.0 Å². The van der Waals surface area contributed by atoms with Crippen LogP contribution in [0.4, 0.5) is 0 Å². The quantitative estimate of drug-likeness (QED) is 0.391. The lowest BCUT2D eigenvalue weighted by molar-refractivity contribution is 0.567. The topological polar surface area (TPSA) is 17.1 Å². The fourth-order valence-electron chi connectivity index (χ4n) is 0.214. The Kier molecular flexibility index (Phi) is 0.511. The van der Waals surface area contributed by atoms with Crippen LogP contribution in [0.2, 0.25) is 6.04 Å². The van der Waals surface area contributed by atoms with E-state index in [1.54, 1.807) is 5.70 Å². The zero-order valence-electron chi connectivity index (χ0n) is 2.77. The summed E-state index contributed by atoms with van der Waals surface area (Å²) in [5.41, 5.74) is 1.77. The van der Waals surface area contributed by atoms with Crippen molar-refractivity contribution in [3.8, 4) is 0 Å². The first-order valence-electron chi connectivity index (χ1n) is 1.59. The second kappa shape index (κ2) is 0.862. The molecule has 0 aliphatic carbocycles. The van der Waals surface area contributed by atoms with Gasteiger partial charge in [-0.05, 0) is 5.70 Å². The van der Waals surface area contributed by atoms with E-state index >= 15 is 0 Å². The summed E-state index contributed by atoms with van der Waals surface area (Å²) in [6.45, 7) is 0. The molecule has 0 aromatic carbocycles. The molecule has 0 aromatic heterocycles. The van der Waals surface area contributed by atoms with Gasteiger partial charge in [-0.15, -0.1) is 0 Å². The molecule has 0 N–H and O–H groups in total. The van der Waals surface area contributed by atoms with Gasteiger partial charge in [0.25, 0.3) is 0 Å². The van der Waals surface area contributed by atoms with Gasteiger partial charge >= 0.3 is 8.68 Å². The first-order valence-corrected chi connectivity index (χ1v) is 3.28. The van der Waals surface area contributed by atoms with E-state index in [2.05, 4.69) is 0 Å². The van der Waals surface area contributed by atoms with E-state index in [0.717, 1.165) is 6.04 Å². The average Bonchev–Trinajstić information content (AvgIpc) is 1.30. The maximum absolute atomic E-state index is 10.00. The lowest BCUT2D eigenvalue weighted by atomic mass is 10.7. The molecule has 0 bridgehead atoms. The van der Waals surface area contributed by atoms with Gasteiger partial charge < -0.3 is 4.46 Å². The van der Waals surface area contributed by atoms with E-state index in [9.17, 15) is 4.46 Å². The third-order valence-electron chi connectivity index (χ3n) is 0.623. The molecule has 26 valence electrons. The van der Waals surface area contributed by atoms with Gasteiger partial charge in [-0.3, -0.25) is 0 Å².